The van der Waals surface area contributed by atoms with Gasteiger partial charge >= 0.3 is 0 Å². The van der Waals surface area contributed by atoms with Gasteiger partial charge in [-0.25, -0.2) is 0 Å². The fourth-order valence-corrected chi connectivity index (χ4v) is 1.52. The second-order valence-electron chi connectivity index (χ2n) is 3.80. The van der Waals surface area contributed by atoms with E-state index in [1.54, 1.807) is 0 Å². The Kier molecular flexibility index (Phi) is 6.62. The monoisotopic (exact) mass is 238 g/mol. The summed E-state index contributed by atoms with van der Waals surface area (Å²) in [5.41, 5.74) is 3.83. The van der Waals surface area contributed by atoms with Gasteiger partial charge < -0.3 is 9.47 Å². The molecule has 96 valence electrons. The quantitative estimate of drug-likeness (QED) is 0.537. The van der Waals surface area contributed by atoms with E-state index in [2.05, 4.69) is 12.3 Å². The SMILES string of the molecule is CCCOc1cccc(C(COCC)NN)c1. The highest BCUT2D eigenvalue weighted by Gasteiger charge is 2.10. The van der Waals surface area contributed by atoms with Crippen LogP contribution in [-0.2, 0) is 4.74 Å². The molecule has 0 amide bonds. The molecule has 0 heterocycles. The molecule has 4 nitrogen and oxygen atoms in total. The van der Waals surface area contributed by atoms with Crippen molar-refractivity contribution in [3.63, 3.8) is 0 Å². The second kappa shape index (κ2) is 8.06. The predicted molar refractivity (Wildman–Crippen MR) is 68.8 cm³/mol. The van der Waals surface area contributed by atoms with Gasteiger partial charge in [-0.2, -0.15) is 0 Å². The Hall–Kier alpha value is -1.10. The zero-order chi connectivity index (χ0) is 12.5. The first kappa shape index (κ1) is 14.0. The topological polar surface area (TPSA) is 56.5 Å². The molecule has 1 atom stereocenters. The number of rotatable bonds is 8. The fourth-order valence-electron chi connectivity index (χ4n) is 1.52. The predicted octanol–water partition coefficient (Wildman–Crippen LogP) is 2.02. The molecule has 1 unspecified atom stereocenters. The van der Waals surface area contributed by atoms with E-state index in [0.29, 0.717) is 13.2 Å². The summed E-state index contributed by atoms with van der Waals surface area (Å²) in [5.74, 6) is 6.40. The number of nitrogens with two attached hydrogens (primary N) is 1. The smallest absolute Gasteiger partial charge is 0.119 e. The lowest BCUT2D eigenvalue weighted by molar-refractivity contribution is 0.123. The summed E-state index contributed by atoms with van der Waals surface area (Å²) >= 11 is 0. The van der Waals surface area contributed by atoms with Gasteiger partial charge in [0, 0.05) is 6.61 Å². The fraction of sp³-hybridized carbons (Fsp3) is 0.538. The Morgan fingerprint density at radius 2 is 2.18 bits per heavy atom. The van der Waals surface area contributed by atoms with Gasteiger partial charge in [0.05, 0.1) is 19.3 Å². The summed E-state index contributed by atoms with van der Waals surface area (Å²) in [6.45, 7) is 6.03. The molecule has 1 aromatic rings. The Balaban J connectivity index is 2.66. The van der Waals surface area contributed by atoms with Gasteiger partial charge in [0.15, 0.2) is 0 Å². The number of ether oxygens (including phenoxy) is 2. The van der Waals surface area contributed by atoms with E-state index >= 15 is 0 Å². The molecule has 0 aromatic heterocycles. The van der Waals surface area contributed by atoms with Crippen molar-refractivity contribution in [2.24, 2.45) is 5.84 Å². The summed E-state index contributed by atoms with van der Waals surface area (Å²) in [6, 6.07) is 7.94. The molecule has 0 aliphatic carbocycles. The van der Waals surface area contributed by atoms with E-state index < -0.39 is 0 Å². The van der Waals surface area contributed by atoms with E-state index in [9.17, 15) is 0 Å². The molecule has 3 N–H and O–H groups in total. The maximum atomic E-state index is 5.59. The average molecular weight is 238 g/mol. The first-order valence-electron chi connectivity index (χ1n) is 6.08. The normalized spacial score (nSPS) is 12.4. The zero-order valence-corrected chi connectivity index (χ0v) is 10.6. The van der Waals surface area contributed by atoms with Gasteiger partial charge in [0.1, 0.15) is 5.75 Å². The molecule has 0 aliphatic rings. The van der Waals surface area contributed by atoms with Crippen molar-refractivity contribution in [3.8, 4) is 5.75 Å². The number of benzene rings is 1. The summed E-state index contributed by atoms with van der Waals surface area (Å²) < 4.78 is 11.0. The number of hydrazine groups is 1. The second-order valence-corrected chi connectivity index (χ2v) is 3.80. The third-order valence-electron chi connectivity index (χ3n) is 2.42. The van der Waals surface area contributed by atoms with Crippen LogP contribution >= 0.6 is 0 Å². The van der Waals surface area contributed by atoms with Crippen molar-refractivity contribution in [1.29, 1.82) is 0 Å². The summed E-state index contributed by atoms with van der Waals surface area (Å²) in [4.78, 5) is 0. The highest BCUT2D eigenvalue weighted by Crippen LogP contribution is 2.19. The highest BCUT2D eigenvalue weighted by atomic mass is 16.5. The molecule has 0 bridgehead atoms. The Bertz CT molecular complexity index is 318. The third-order valence-corrected chi connectivity index (χ3v) is 2.42. The summed E-state index contributed by atoms with van der Waals surface area (Å²) in [7, 11) is 0. The number of nitrogens with one attached hydrogen (secondary N) is 1. The van der Waals surface area contributed by atoms with Crippen LogP contribution in [0.3, 0.4) is 0 Å². The largest absolute Gasteiger partial charge is 0.494 e. The molecule has 0 saturated carbocycles. The lowest BCUT2D eigenvalue weighted by atomic mass is 10.1. The van der Waals surface area contributed by atoms with Crippen LogP contribution in [0.2, 0.25) is 0 Å². The van der Waals surface area contributed by atoms with E-state index in [1.165, 1.54) is 0 Å². The van der Waals surface area contributed by atoms with Gasteiger partial charge in [0.25, 0.3) is 0 Å². The number of hydrogen-bond acceptors (Lipinski definition) is 4. The molecule has 0 spiro atoms. The molecule has 0 aliphatic heterocycles. The minimum atomic E-state index is 0.000117. The van der Waals surface area contributed by atoms with Crippen LogP contribution in [0.25, 0.3) is 0 Å². The van der Waals surface area contributed by atoms with Crippen molar-refractivity contribution in [2.75, 3.05) is 19.8 Å². The van der Waals surface area contributed by atoms with E-state index in [-0.39, 0.29) is 6.04 Å². The Morgan fingerprint density at radius 1 is 1.35 bits per heavy atom. The minimum absolute atomic E-state index is 0.000117. The van der Waals surface area contributed by atoms with Gasteiger partial charge in [-0.3, -0.25) is 11.3 Å². The van der Waals surface area contributed by atoms with E-state index in [0.717, 1.165) is 24.3 Å². The molecule has 17 heavy (non-hydrogen) atoms. The van der Waals surface area contributed by atoms with Crippen LogP contribution in [-0.4, -0.2) is 19.8 Å². The van der Waals surface area contributed by atoms with Crippen LogP contribution in [0.5, 0.6) is 5.75 Å². The summed E-state index contributed by atoms with van der Waals surface area (Å²) in [6.07, 6.45) is 1.00. The molecular weight excluding hydrogens is 216 g/mol. The van der Waals surface area contributed by atoms with Crippen LogP contribution < -0.4 is 16.0 Å². The van der Waals surface area contributed by atoms with E-state index in [4.69, 9.17) is 15.3 Å². The first-order chi connectivity index (χ1) is 8.31. The first-order valence-corrected chi connectivity index (χ1v) is 6.08. The molecular formula is C13H22N2O2. The minimum Gasteiger partial charge on any atom is -0.494 e. The van der Waals surface area contributed by atoms with Gasteiger partial charge in [0.2, 0.25) is 0 Å². The molecule has 0 fully saturated rings. The Morgan fingerprint density at radius 3 is 2.82 bits per heavy atom. The van der Waals surface area contributed by atoms with Gasteiger partial charge in [-0.15, -0.1) is 0 Å². The standard InChI is InChI=1S/C13H22N2O2/c1-3-8-17-12-7-5-6-11(9-12)13(15-14)10-16-4-2/h5-7,9,13,15H,3-4,8,10,14H2,1-2H3. The van der Waals surface area contributed by atoms with E-state index in [1.807, 2.05) is 31.2 Å². The molecule has 4 heteroatoms. The van der Waals surface area contributed by atoms with Crippen molar-refractivity contribution in [2.45, 2.75) is 26.3 Å². The van der Waals surface area contributed by atoms with Crippen LogP contribution in [0.4, 0.5) is 0 Å². The molecule has 0 radical (unpaired) electrons. The van der Waals surface area contributed by atoms with Crippen molar-refractivity contribution in [1.82, 2.24) is 5.43 Å². The van der Waals surface area contributed by atoms with Crippen LogP contribution in [0.15, 0.2) is 24.3 Å². The van der Waals surface area contributed by atoms with Crippen molar-refractivity contribution >= 4 is 0 Å². The van der Waals surface area contributed by atoms with Gasteiger partial charge in [-0.1, -0.05) is 19.1 Å². The zero-order valence-electron chi connectivity index (χ0n) is 10.6. The molecule has 1 rings (SSSR count). The number of hydrogen-bond donors (Lipinski definition) is 2. The maximum Gasteiger partial charge on any atom is 0.119 e. The van der Waals surface area contributed by atoms with Crippen molar-refractivity contribution < 1.29 is 9.47 Å². The summed E-state index contributed by atoms with van der Waals surface area (Å²) in [5, 5.41) is 0. The maximum absolute atomic E-state index is 5.59. The van der Waals surface area contributed by atoms with Gasteiger partial charge in [-0.05, 0) is 31.0 Å². The van der Waals surface area contributed by atoms with Crippen LogP contribution in [0, 0.1) is 0 Å². The highest BCUT2D eigenvalue weighted by molar-refractivity contribution is 5.30. The third kappa shape index (κ3) is 4.73. The van der Waals surface area contributed by atoms with Crippen molar-refractivity contribution in [3.05, 3.63) is 29.8 Å². The molecule has 1 aromatic carbocycles. The lowest BCUT2D eigenvalue weighted by Crippen LogP contribution is -2.31. The van der Waals surface area contributed by atoms with Crippen LogP contribution in [0.1, 0.15) is 31.9 Å². The Labute approximate surface area is 103 Å². The average Bonchev–Trinajstić information content (AvgIpc) is 2.38. The molecule has 0 saturated heterocycles. The lowest BCUT2D eigenvalue weighted by Gasteiger charge is -2.17.